The lowest BCUT2D eigenvalue weighted by molar-refractivity contribution is -0.224. The molecule has 0 aromatic rings. The van der Waals surface area contributed by atoms with Crippen molar-refractivity contribution >= 4 is 0 Å². The Kier molecular flexibility index (Phi) is 4.40. The number of allylic oxidation sites excluding steroid dienone is 5. The summed E-state index contributed by atoms with van der Waals surface area (Å²) in [5.41, 5.74) is 3.14. The van der Waals surface area contributed by atoms with Gasteiger partial charge in [0, 0.05) is 5.41 Å². The average molecular weight is 395 g/mol. The van der Waals surface area contributed by atoms with Gasteiger partial charge in [0.25, 0.3) is 0 Å². The summed E-state index contributed by atoms with van der Waals surface area (Å²) in [6.45, 7) is 14.2. The molecule has 160 valence electrons. The maximum atomic E-state index is 12.4. The zero-order valence-corrected chi connectivity index (χ0v) is 19.3. The fourth-order valence-electron chi connectivity index (χ4n) is 9.30. The lowest BCUT2D eigenvalue weighted by Crippen LogP contribution is -2.64. The summed E-state index contributed by atoms with van der Waals surface area (Å²) < 4.78 is 0. The smallest absolute Gasteiger partial charge is 0.0737 e. The van der Waals surface area contributed by atoms with Gasteiger partial charge in [-0.2, -0.15) is 0 Å². The van der Waals surface area contributed by atoms with Crippen LogP contribution in [0.4, 0.5) is 0 Å². The van der Waals surface area contributed by atoms with Crippen molar-refractivity contribution in [3.8, 4) is 0 Å². The van der Waals surface area contributed by atoms with Crippen LogP contribution in [0.1, 0.15) is 91.9 Å². The van der Waals surface area contributed by atoms with Crippen molar-refractivity contribution in [1.29, 1.82) is 0 Å². The van der Waals surface area contributed by atoms with Gasteiger partial charge in [-0.15, -0.1) is 0 Å². The Morgan fingerprint density at radius 1 is 0.897 bits per heavy atom. The molecule has 8 unspecified atom stereocenters. The third kappa shape index (κ3) is 2.55. The van der Waals surface area contributed by atoms with E-state index in [2.05, 4.69) is 52.5 Å². The summed E-state index contributed by atoms with van der Waals surface area (Å²) in [4.78, 5) is 0. The Hall–Kier alpha value is -0.820. The predicted molar refractivity (Wildman–Crippen MR) is 121 cm³/mol. The number of aliphatic hydroxyl groups is 1. The molecule has 0 saturated heterocycles. The maximum Gasteiger partial charge on any atom is 0.0737 e. The zero-order chi connectivity index (χ0) is 20.7. The van der Waals surface area contributed by atoms with Gasteiger partial charge in [0.15, 0.2) is 0 Å². The highest BCUT2D eigenvalue weighted by Gasteiger charge is 2.69. The van der Waals surface area contributed by atoms with E-state index in [4.69, 9.17) is 0 Å². The Morgan fingerprint density at radius 3 is 2.34 bits per heavy atom. The van der Waals surface area contributed by atoms with Crippen molar-refractivity contribution in [3.63, 3.8) is 0 Å². The van der Waals surface area contributed by atoms with Gasteiger partial charge < -0.3 is 5.11 Å². The van der Waals surface area contributed by atoms with Crippen LogP contribution in [0.5, 0.6) is 0 Å². The summed E-state index contributed by atoms with van der Waals surface area (Å²) in [5.74, 6) is 2.60. The molecule has 1 heteroatoms. The van der Waals surface area contributed by atoms with Crippen LogP contribution in [0.3, 0.4) is 0 Å². The lowest BCUT2D eigenvalue weighted by Gasteiger charge is -2.67. The van der Waals surface area contributed by atoms with Gasteiger partial charge in [-0.05, 0) is 97.9 Å². The molecule has 29 heavy (non-hydrogen) atoms. The Bertz CT molecular complexity index is 775. The topological polar surface area (TPSA) is 20.2 Å². The highest BCUT2D eigenvalue weighted by atomic mass is 16.3. The van der Waals surface area contributed by atoms with Crippen LogP contribution in [0.2, 0.25) is 0 Å². The first kappa shape index (κ1) is 20.1. The van der Waals surface area contributed by atoms with Crippen LogP contribution in [-0.2, 0) is 0 Å². The molecule has 4 saturated carbocycles. The van der Waals surface area contributed by atoms with Gasteiger partial charge in [-0.1, -0.05) is 64.5 Å². The molecular weight excluding hydrogens is 352 g/mol. The van der Waals surface area contributed by atoms with Gasteiger partial charge in [0.05, 0.1) is 5.60 Å². The molecule has 0 aromatic carbocycles. The van der Waals surface area contributed by atoms with E-state index in [0.717, 1.165) is 25.2 Å². The van der Waals surface area contributed by atoms with Gasteiger partial charge in [0.1, 0.15) is 0 Å². The maximum absolute atomic E-state index is 12.4. The van der Waals surface area contributed by atoms with Gasteiger partial charge >= 0.3 is 0 Å². The Balaban J connectivity index is 1.48. The van der Waals surface area contributed by atoms with Crippen molar-refractivity contribution in [2.45, 2.75) is 97.5 Å². The van der Waals surface area contributed by atoms with Crippen molar-refractivity contribution in [3.05, 3.63) is 36.0 Å². The molecule has 0 aliphatic heterocycles. The number of rotatable bonds is 1. The normalized spacial score (nSPS) is 54.4. The fraction of sp³-hybridized carbons (Fsp3) is 0.786. The first-order chi connectivity index (χ1) is 13.6. The second kappa shape index (κ2) is 6.35. The van der Waals surface area contributed by atoms with E-state index in [0.29, 0.717) is 28.6 Å². The highest BCUT2D eigenvalue weighted by Crippen LogP contribution is 2.72. The molecule has 0 spiro atoms. The molecule has 0 heterocycles. The Morgan fingerprint density at radius 2 is 1.62 bits per heavy atom. The van der Waals surface area contributed by atoms with E-state index in [1.807, 2.05) is 0 Å². The molecule has 5 aliphatic carbocycles. The molecule has 0 amide bonds. The molecule has 1 N–H and O–H groups in total. The molecule has 4 fully saturated rings. The summed E-state index contributed by atoms with van der Waals surface area (Å²) in [5, 5.41) is 12.4. The van der Waals surface area contributed by atoms with Crippen molar-refractivity contribution in [1.82, 2.24) is 0 Å². The Labute approximate surface area is 178 Å². The molecular formula is C28H42O. The van der Waals surface area contributed by atoms with Crippen LogP contribution in [0.15, 0.2) is 36.0 Å². The molecule has 5 aliphatic rings. The third-order valence-corrected chi connectivity index (χ3v) is 11.3. The number of hydrogen-bond donors (Lipinski definition) is 1. The quantitative estimate of drug-likeness (QED) is 0.497. The summed E-state index contributed by atoms with van der Waals surface area (Å²) in [7, 11) is 0. The van der Waals surface area contributed by atoms with Crippen LogP contribution in [0, 0.1) is 39.9 Å². The first-order valence-electron chi connectivity index (χ1n) is 12.4. The minimum absolute atomic E-state index is 0.0368. The standard InChI is InChI=1S/C28H42O/c1-19-6-8-21(9-7-19)22-13-17-28(29)24-11-14-25(3)18-20(2)10-15-26(25,4)23(24)12-16-27(22,28)5/h6,8-9,20,22-24,29H,1,7,10-18H2,2-5H3. The van der Waals surface area contributed by atoms with E-state index in [1.165, 1.54) is 56.1 Å². The van der Waals surface area contributed by atoms with Crippen LogP contribution in [0.25, 0.3) is 0 Å². The van der Waals surface area contributed by atoms with Gasteiger partial charge in [-0.3, -0.25) is 0 Å². The van der Waals surface area contributed by atoms with Crippen molar-refractivity contribution < 1.29 is 5.11 Å². The predicted octanol–water partition coefficient (Wildman–Crippen LogP) is 7.23. The molecule has 0 aromatic heterocycles. The second-order valence-electron chi connectivity index (χ2n) is 12.4. The molecule has 8 atom stereocenters. The minimum atomic E-state index is -0.475. The number of hydrogen-bond acceptors (Lipinski definition) is 1. The van der Waals surface area contributed by atoms with Gasteiger partial charge in [-0.25, -0.2) is 0 Å². The zero-order valence-electron chi connectivity index (χ0n) is 19.3. The SMILES string of the molecule is C=C1C=CC(C2CCC3(O)C4CCC5(C)CC(C)CCC5(C)C4CCC23C)=CC1. The van der Waals surface area contributed by atoms with E-state index >= 15 is 0 Å². The van der Waals surface area contributed by atoms with Crippen molar-refractivity contribution in [2.24, 2.45) is 39.9 Å². The van der Waals surface area contributed by atoms with Crippen LogP contribution in [-0.4, -0.2) is 10.7 Å². The highest BCUT2D eigenvalue weighted by molar-refractivity contribution is 5.38. The number of fused-ring (bicyclic) bond motifs is 5. The largest absolute Gasteiger partial charge is 0.389 e. The van der Waals surface area contributed by atoms with E-state index in [9.17, 15) is 5.11 Å². The minimum Gasteiger partial charge on any atom is -0.389 e. The third-order valence-electron chi connectivity index (χ3n) is 11.3. The monoisotopic (exact) mass is 394 g/mol. The molecule has 1 nitrogen and oxygen atoms in total. The summed E-state index contributed by atoms with van der Waals surface area (Å²) in [6.07, 6.45) is 19.3. The van der Waals surface area contributed by atoms with Crippen molar-refractivity contribution in [2.75, 3.05) is 0 Å². The molecule has 0 radical (unpaired) electrons. The molecule has 5 rings (SSSR count). The first-order valence-corrected chi connectivity index (χ1v) is 12.4. The lowest BCUT2D eigenvalue weighted by atomic mass is 9.39. The summed E-state index contributed by atoms with van der Waals surface area (Å²) >= 11 is 0. The average Bonchev–Trinajstić information content (AvgIpc) is 2.95. The summed E-state index contributed by atoms with van der Waals surface area (Å²) in [6, 6.07) is 0. The van der Waals surface area contributed by atoms with E-state index < -0.39 is 5.60 Å². The fourth-order valence-corrected chi connectivity index (χ4v) is 9.30. The van der Waals surface area contributed by atoms with Crippen LogP contribution < -0.4 is 0 Å². The van der Waals surface area contributed by atoms with Crippen LogP contribution >= 0.6 is 0 Å². The second-order valence-corrected chi connectivity index (χ2v) is 12.4. The van der Waals surface area contributed by atoms with E-state index in [1.54, 1.807) is 0 Å². The van der Waals surface area contributed by atoms with E-state index in [-0.39, 0.29) is 5.41 Å². The molecule has 0 bridgehead atoms. The van der Waals surface area contributed by atoms with Gasteiger partial charge in [0.2, 0.25) is 0 Å².